The highest BCUT2D eigenvalue weighted by Crippen LogP contribution is 2.43. The summed E-state index contributed by atoms with van der Waals surface area (Å²) in [6.45, 7) is 2.34. The van der Waals surface area contributed by atoms with Gasteiger partial charge in [0.25, 0.3) is 5.91 Å². The third kappa shape index (κ3) is 3.78. The maximum absolute atomic E-state index is 13.7. The molecule has 1 aromatic heterocycles. The minimum Gasteiger partial charge on any atom is -0.503 e. The van der Waals surface area contributed by atoms with E-state index in [0.29, 0.717) is 29.2 Å². The second kappa shape index (κ2) is 8.83. The van der Waals surface area contributed by atoms with Crippen LogP contribution in [-0.4, -0.2) is 23.4 Å². The molecule has 0 saturated heterocycles. The van der Waals surface area contributed by atoms with E-state index in [-0.39, 0.29) is 11.3 Å². The van der Waals surface area contributed by atoms with Crippen molar-refractivity contribution in [1.82, 2.24) is 0 Å². The Hall–Kier alpha value is -3.84. The number of halogens is 1. The molecule has 1 aliphatic rings. The largest absolute Gasteiger partial charge is 0.503 e. The molecule has 1 N–H and O–H groups in total. The van der Waals surface area contributed by atoms with Crippen LogP contribution in [0.4, 0.5) is 5.69 Å². The van der Waals surface area contributed by atoms with Crippen molar-refractivity contribution < 1.29 is 23.8 Å². The van der Waals surface area contributed by atoms with E-state index in [1.165, 1.54) is 4.90 Å². The molecule has 0 saturated carbocycles. The van der Waals surface area contributed by atoms with Crippen LogP contribution in [0.5, 0.6) is 5.75 Å². The molecule has 34 heavy (non-hydrogen) atoms. The first kappa shape index (κ1) is 22.0. The minimum atomic E-state index is -0.835. The molecule has 3 aromatic carbocycles. The number of aliphatic hydroxyl groups is 1. The molecule has 0 fully saturated rings. The minimum absolute atomic E-state index is 0.0314. The number of ether oxygens (including phenoxy) is 1. The highest BCUT2D eigenvalue weighted by atomic mass is 79.9. The van der Waals surface area contributed by atoms with Gasteiger partial charge in [-0.05, 0) is 48.9 Å². The predicted molar refractivity (Wildman–Crippen MR) is 132 cm³/mol. The van der Waals surface area contributed by atoms with Crippen molar-refractivity contribution >= 4 is 44.3 Å². The molecule has 170 valence electrons. The van der Waals surface area contributed by atoms with Crippen molar-refractivity contribution in [3.8, 4) is 5.75 Å². The Balaban J connectivity index is 1.63. The smallest absolute Gasteiger partial charge is 0.294 e. The van der Waals surface area contributed by atoms with Gasteiger partial charge in [-0.3, -0.25) is 14.5 Å². The van der Waals surface area contributed by atoms with Gasteiger partial charge in [0.15, 0.2) is 11.5 Å². The molecule has 0 aliphatic carbocycles. The van der Waals surface area contributed by atoms with Crippen LogP contribution < -0.4 is 9.64 Å². The van der Waals surface area contributed by atoms with E-state index in [9.17, 15) is 14.7 Å². The van der Waals surface area contributed by atoms with Crippen LogP contribution in [0.25, 0.3) is 11.0 Å². The Bertz CT molecular complexity index is 1440. The van der Waals surface area contributed by atoms with Gasteiger partial charge in [0.2, 0.25) is 5.78 Å². The number of nitrogens with zero attached hydrogens (tertiary/aromatic N) is 1. The molecule has 1 unspecified atom stereocenters. The summed E-state index contributed by atoms with van der Waals surface area (Å²) in [4.78, 5) is 28.4. The van der Waals surface area contributed by atoms with E-state index in [4.69, 9.17) is 9.15 Å². The topological polar surface area (TPSA) is 80.0 Å². The average Bonchev–Trinajstić information content (AvgIpc) is 3.38. The molecule has 6 nitrogen and oxygen atoms in total. The molecular weight excluding hydrogens is 498 g/mol. The van der Waals surface area contributed by atoms with E-state index in [0.717, 1.165) is 9.86 Å². The van der Waals surface area contributed by atoms with Gasteiger partial charge in [0.05, 0.1) is 18.2 Å². The monoisotopic (exact) mass is 517 g/mol. The van der Waals surface area contributed by atoms with Gasteiger partial charge in [-0.2, -0.15) is 0 Å². The molecule has 2 heterocycles. The number of ketones is 1. The van der Waals surface area contributed by atoms with Gasteiger partial charge < -0.3 is 14.3 Å². The predicted octanol–water partition coefficient (Wildman–Crippen LogP) is 6.38. The number of amides is 1. The number of hydrogen-bond acceptors (Lipinski definition) is 5. The van der Waals surface area contributed by atoms with Crippen molar-refractivity contribution in [2.24, 2.45) is 0 Å². The van der Waals surface area contributed by atoms with Crippen molar-refractivity contribution in [3.05, 3.63) is 106 Å². The number of carbonyl (C=O) groups excluding carboxylic acids is 2. The number of benzene rings is 3. The van der Waals surface area contributed by atoms with Crippen molar-refractivity contribution in [3.63, 3.8) is 0 Å². The Kier molecular flexibility index (Phi) is 5.71. The van der Waals surface area contributed by atoms with E-state index < -0.39 is 23.5 Å². The number of Topliss-reactive ketones (excluding diaryl/α,β-unsaturated/α-hetero) is 1. The number of aliphatic hydroxyl groups excluding tert-OH is 1. The van der Waals surface area contributed by atoms with Crippen molar-refractivity contribution in [2.75, 3.05) is 11.5 Å². The molecule has 0 radical (unpaired) electrons. The number of furan rings is 1. The van der Waals surface area contributed by atoms with Gasteiger partial charge in [-0.25, -0.2) is 0 Å². The van der Waals surface area contributed by atoms with Gasteiger partial charge >= 0.3 is 0 Å². The summed E-state index contributed by atoms with van der Waals surface area (Å²) in [5.41, 5.74) is 1.70. The lowest BCUT2D eigenvalue weighted by Crippen LogP contribution is -2.31. The third-order valence-corrected chi connectivity index (χ3v) is 6.17. The van der Waals surface area contributed by atoms with Crippen molar-refractivity contribution in [2.45, 2.75) is 13.0 Å². The Labute approximate surface area is 204 Å². The van der Waals surface area contributed by atoms with Gasteiger partial charge in [-0.15, -0.1) is 0 Å². The molecule has 0 spiro atoms. The number of rotatable bonds is 6. The van der Waals surface area contributed by atoms with Crippen LogP contribution in [0.3, 0.4) is 0 Å². The maximum atomic E-state index is 13.7. The fraction of sp³-hybridized carbons (Fsp3) is 0.111. The maximum Gasteiger partial charge on any atom is 0.294 e. The van der Waals surface area contributed by atoms with Crippen molar-refractivity contribution in [1.29, 1.82) is 0 Å². The third-order valence-electron chi connectivity index (χ3n) is 5.68. The first-order valence-electron chi connectivity index (χ1n) is 10.8. The van der Waals surface area contributed by atoms with E-state index in [1.807, 2.05) is 49.4 Å². The van der Waals surface area contributed by atoms with Crippen LogP contribution in [0.15, 0.2) is 99.1 Å². The van der Waals surface area contributed by atoms with Crippen LogP contribution in [-0.2, 0) is 4.79 Å². The molecule has 1 amide bonds. The first-order chi connectivity index (χ1) is 16.5. The number of carbonyl (C=O) groups is 2. The zero-order valence-electron chi connectivity index (χ0n) is 18.2. The quantitative estimate of drug-likeness (QED) is 0.300. The Morgan fingerprint density at radius 1 is 1.06 bits per heavy atom. The summed E-state index contributed by atoms with van der Waals surface area (Å²) in [6.07, 6.45) is 0. The van der Waals surface area contributed by atoms with Gasteiger partial charge in [0, 0.05) is 21.6 Å². The Morgan fingerprint density at radius 3 is 2.62 bits per heavy atom. The molecule has 4 aromatic rings. The fourth-order valence-corrected chi connectivity index (χ4v) is 4.58. The summed E-state index contributed by atoms with van der Waals surface area (Å²) in [7, 11) is 0. The standard InChI is InChI=1S/C27H20BrNO5/c1-2-33-20-10-6-9-19(15-20)29-24(16-7-4-3-5-8-16)23(26(31)27(29)32)25(30)22-14-17-13-18(28)11-12-21(17)34-22/h3-15,24,31H,2H2,1H3. The van der Waals surface area contributed by atoms with Crippen LogP contribution in [0, 0.1) is 0 Å². The normalized spacial score (nSPS) is 15.9. The molecule has 0 bridgehead atoms. The number of hydrogen-bond donors (Lipinski definition) is 1. The lowest BCUT2D eigenvalue weighted by molar-refractivity contribution is -0.117. The summed E-state index contributed by atoms with van der Waals surface area (Å²) in [6, 6.07) is 22.3. The van der Waals surface area contributed by atoms with Crippen LogP contribution in [0.1, 0.15) is 29.1 Å². The van der Waals surface area contributed by atoms with E-state index >= 15 is 0 Å². The SMILES string of the molecule is CCOc1cccc(N2C(=O)C(O)=C(C(=O)c3cc4cc(Br)ccc4o3)C2c2ccccc2)c1. The summed E-state index contributed by atoms with van der Waals surface area (Å²) >= 11 is 3.42. The summed E-state index contributed by atoms with van der Waals surface area (Å²) in [5.74, 6) is -1.17. The molecule has 1 atom stereocenters. The molecular formula is C27H20BrNO5. The lowest BCUT2D eigenvalue weighted by Gasteiger charge is -2.27. The fourth-order valence-electron chi connectivity index (χ4n) is 4.20. The van der Waals surface area contributed by atoms with Gasteiger partial charge in [-0.1, -0.05) is 52.3 Å². The van der Waals surface area contributed by atoms with Crippen LogP contribution >= 0.6 is 15.9 Å². The highest BCUT2D eigenvalue weighted by Gasteiger charge is 2.45. The zero-order valence-corrected chi connectivity index (χ0v) is 19.8. The second-order valence-electron chi connectivity index (χ2n) is 7.80. The first-order valence-corrected chi connectivity index (χ1v) is 11.6. The number of fused-ring (bicyclic) bond motifs is 1. The molecule has 5 rings (SSSR count). The number of anilines is 1. The van der Waals surface area contributed by atoms with Gasteiger partial charge in [0.1, 0.15) is 11.3 Å². The Morgan fingerprint density at radius 2 is 1.85 bits per heavy atom. The van der Waals surface area contributed by atoms with E-state index in [2.05, 4.69) is 15.9 Å². The molecule has 7 heteroatoms. The highest BCUT2D eigenvalue weighted by molar-refractivity contribution is 9.10. The van der Waals surface area contributed by atoms with Crippen LogP contribution in [0.2, 0.25) is 0 Å². The summed E-state index contributed by atoms with van der Waals surface area (Å²) < 4.78 is 12.2. The van der Waals surface area contributed by atoms with E-state index in [1.54, 1.807) is 36.4 Å². The lowest BCUT2D eigenvalue weighted by atomic mass is 9.95. The molecule has 1 aliphatic heterocycles. The zero-order chi connectivity index (χ0) is 23.8. The summed E-state index contributed by atoms with van der Waals surface area (Å²) in [5, 5.41) is 11.7. The average molecular weight is 518 g/mol. The second-order valence-corrected chi connectivity index (χ2v) is 8.72.